The van der Waals surface area contributed by atoms with Crippen molar-refractivity contribution in [3.63, 3.8) is 0 Å². The van der Waals surface area contributed by atoms with Gasteiger partial charge in [0, 0.05) is 12.6 Å². The molecule has 1 saturated carbocycles. The lowest BCUT2D eigenvalue weighted by molar-refractivity contribution is 0.537. The van der Waals surface area contributed by atoms with Crippen molar-refractivity contribution in [1.29, 1.82) is 0 Å². The molecule has 112 valence electrons. The third kappa shape index (κ3) is 3.81. The molecule has 1 aliphatic carbocycles. The van der Waals surface area contributed by atoms with Crippen LogP contribution in [0.2, 0.25) is 0 Å². The van der Waals surface area contributed by atoms with Gasteiger partial charge in [-0.1, -0.05) is 19.1 Å². The molecule has 0 aliphatic heterocycles. The number of rotatable bonds is 7. The zero-order valence-electron chi connectivity index (χ0n) is 12.4. The summed E-state index contributed by atoms with van der Waals surface area (Å²) >= 11 is 0. The predicted molar refractivity (Wildman–Crippen MR) is 81.1 cm³/mol. The van der Waals surface area contributed by atoms with E-state index >= 15 is 0 Å². The Balaban J connectivity index is 2.20. The highest BCUT2D eigenvalue weighted by molar-refractivity contribution is 7.89. The molecule has 0 amide bonds. The number of nitrogens with one attached hydrogen (secondary N) is 2. The van der Waals surface area contributed by atoms with Gasteiger partial charge in [-0.3, -0.25) is 0 Å². The van der Waals surface area contributed by atoms with Crippen LogP contribution >= 0.6 is 0 Å². The Morgan fingerprint density at radius 2 is 2.05 bits per heavy atom. The minimum absolute atomic E-state index is 0.0248. The Hall–Kier alpha value is -0.910. The number of benzene rings is 1. The summed E-state index contributed by atoms with van der Waals surface area (Å²) in [6.45, 7) is 7.38. The lowest BCUT2D eigenvalue weighted by atomic mass is 10.1. The summed E-state index contributed by atoms with van der Waals surface area (Å²) < 4.78 is 27.8. The van der Waals surface area contributed by atoms with Crippen LogP contribution in [0.4, 0.5) is 0 Å². The third-order valence-electron chi connectivity index (χ3n) is 3.79. The van der Waals surface area contributed by atoms with Gasteiger partial charge in [-0.25, -0.2) is 13.1 Å². The maximum atomic E-state index is 12.5. The smallest absolute Gasteiger partial charge is 0.241 e. The number of hydrogen-bond acceptors (Lipinski definition) is 3. The largest absolute Gasteiger partial charge is 0.313 e. The fourth-order valence-electron chi connectivity index (χ4n) is 2.31. The van der Waals surface area contributed by atoms with Crippen molar-refractivity contribution >= 4 is 10.0 Å². The standard InChI is InChI=1S/C15H24N2O2S/c1-4-16-10-13-6-5-11(2)15(9-13)20(18,19)17-12(3)14-7-8-14/h5-6,9,12,14,16-17H,4,7-8,10H2,1-3H3. The molecule has 1 aromatic carbocycles. The van der Waals surface area contributed by atoms with Crippen LogP contribution in [0.1, 0.15) is 37.8 Å². The van der Waals surface area contributed by atoms with Crippen molar-refractivity contribution in [1.82, 2.24) is 10.0 Å². The van der Waals surface area contributed by atoms with E-state index in [0.717, 1.165) is 30.5 Å². The molecule has 5 heteroatoms. The zero-order valence-corrected chi connectivity index (χ0v) is 13.3. The normalized spacial score (nSPS) is 17.1. The van der Waals surface area contributed by atoms with Gasteiger partial charge in [-0.15, -0.1) is 0 Å². The van der Waals surface area contributed by atoms with Crippen LogP contribution in [-0.2, 0) is 16.6 Å². The second-order valence-electron chi connectivity index (χ2n) is 5.63. The number of aryl methyl sites for hydroxylation is 1. The van der Waals surface area contributed by atoms with Gasteiger partial charge in [0.05, 0.1) is 4.90 Å². The first-order chi connectivity index (χ1) is 9.44. The molecule has 1 aliphatic rings. The molecule has 0 aromatic heterocycles. The summed E-state index contributed by atoms with van der Waals surface area (Å²) in [4.78, 5) is 0.403. The average Bonchev–Trinajstić information content (AvgIpc) is 3.21. The van der Waals surface area contributed by atoms with Crippen LogP contribution < -0.4 is 10.0 Å². The molecule has 0 bridgehead atoms. The topological polar surface area (TPSA) is 58.2 Å². The van der Waals surface area contributed by atoms with Crippen molar-refractivity contribution in [3.8, 4) is 0 Å². The van der Waals surface area contributed by atoms with Gasteiger partial charge < -0.3 is 5.32 Å². The molecule has 1 fully saturated rings. The second-order valence-corrected chi connectivity index (χ2v) is 7.31. The minimum Gasteiger partial charge on any atom is -0.313 e. The second kappa shape index (κ2) is 6.24. The van der Waals surface area contributed by atoms with Gasteiger partial charge in [0.1, 0.15) is 0 Å². The van der Waals surface area contributed by atoms with Gasteiger partial charge in [0.2, 0.25) is 10.0 Å². The van der Waals surface area contributed by atoms with E-state index in [1.54, 1.807) is 6.07 Å². The van der Waals surface area contributed by atoms with Crippen molar-refractivity contribution in [2.75, 3.05) is 6.54 Å². The highest BCUT2D eigenvalue weighted by Crippen LogP contribution is 2.33. The van der Waals surface area contributed by atoms with E-state index in [1.807, 2.05) is 32.9 Å². The van der Waals surface area contributed by atoms with Crippen LogP contribution in [0.3, 0.4) is 0 Å². The maximum Gasteiger partial charge on any atom is 0.241 e. The first kappa shape index (κ1) is 15.5. The minimum atomic E-state index is -3.42. The highest BCUT2D eigenvalue weighted by atomic mass is 32.2. The lowest BCUT2D eigenvalue weighted by Gasteiger charge is -2.15. The number of sulfonamides is 1. The summed E-state index contributed by atoms with van der Waals surface area (Å²) in [5, 5.41) is 3.22. The third-order valence-corrected chi connectivity index (χ3v) is 5.49. The summed E-state index contributed by atoms with van der Waals surface area (Å²) in [7, 11) is -3.42. The lowest BCUT2D eigenvalue weighted by Crippen LogP contribution is -2.34. The Morgan fingerprint density at radius 3 is 2.65 bits per heavy atom. The van der Waals surface area contributed by atoms with Gasteiger partial charge >= 0.3 is 0 Å². The molecule has 0 heterocycles. The average molecular weight is 296 g/mol. The zero-order chi connectivity index (χ0) is 14.8. The molecule has 2 N–H and O–H groups in total. The van der Waals surface area contributed by atoms with E-state index in [-0.39, 0.29) is 6.04 Å². The molecule has 1 unspecified atom stereocenters. The fourth-order valence-corrected chi connectivity index (χ4v) is 3.92. The summed E-state index contributed by atoms with van der Waals surface area (Å²) in [6, 6.07) is 5.65. The monoisotopic (exact) mass is 296 g/mol. The Kier molecular flexibility index (Phi) is 4.83. The van der Waals surface area contributed by atoms with Gasteiger partial charge in [-0.2, -0.15) is 0 Å². The number of hydrogen-bond donors (Lipinski definition) is 2. The molecule has 20 heavy (non-hydrogen) atoms. The Bertz CT molecular complexity index is 565. The SMILES string of the molecule is CCNCc1ccc(C)c(S(=O)(=O)NC(C)C2CC2)c1. The van der Waals surface area contributed by atoms with Crippen molar-refractivity contribution in [3.05, 3.63) is 29.3 Å². The van der Waals surface area contributed by atoms with Gasteiger partial charge in [-0.05, 0) is 56.3 Å². The van der Waals surface area contributed by atoms with E-state index < -0.39 is 10.0 Å². The molecule has 1 aromatic rings. The van der Waals surface area contributed by atoms with Crippen LogP contribution in [-0.4, -0.2) is 21.0 Å². The van der Waals surface area contributed by atoms with Crippen molar-refractivity contribution in [2.45, 2.75) is 51.1 Å². The Labute approximate surface area is 122 Å². The van der Waals surface area contributed by atoms with Crippen molar-refractivity contribution < 1.29 is 8.42 Å². The molecule has 0 spiro atoms. The maximum absolute atomic E-state index is 12.5. The fraction of sp³-hybridized carbons (Fsp3) is 0.600. The first-order valence-electron chi connectivity index (χ1n) is 7.26. The highest BCUT2D eigenvalue weighted by Gasteiger charge is 2.31. The summed E-state index contributed by atoms with van der Waals surface area (Å²) in [5.41, 5.74) is 1.79. The van der Waals surface area contributed by atoms with Crippen LogP contribution in [0.15, 0.2) is 23.1 Å². The molecule has 0 saturated heterocycles. The molecule has 4 nitrogen and oxygen atoms in total. The van der Waals surface area contributed by atoms with Gasteiger partial charge in [0.25, 0.3) is 0 Å². The van der Waals surface area contributed by atoms with Crippen LogP contribution in [0, 0.1) is 12.8 Å². The summed E-state index contributed by atoms with van der Waals surface area (Å²) in [5.74, 6) is 0.509. The predicted octanol–water partition coefficient (Wildman–Crippen LogP) is 2.18. The molecule has 0 radical (unpaired) electrons. The molecular weight excluding hydrogens is 272 g/mol. The van der Waals surface area contributed by atoms with Gasteiger partial charge in [0.15, 0.2) is 0 Å². The van der Waals surface area contributed by atoms with E-state index in [4.69, 9.17) is 0 Å². The van der Waals surface area contributed by atoms with E-state index in [1.165, 1.54) is 0 Å². The summed E-state index contributed by atoms with van der Waals surface area (Å²) in [6.07, 6.45) is 2.26. The molecular formula is C15H24N2O2S. The van der Waals surface area contributed by atoms with E-state index in [0.29, 0.717) is 17.4 Å². The van der Waals surface area contributed by atoms with Crippen molar-refractivity contribution in [2.24, 2.45) is 5.92 Å². The Morgan fingerprint density at radius 1 is 1.35 bits per heavy atom. The van der Waals surface area contributed by atoms with Crippen LogP contribution in [0.5, 0.6) is 0 Å². The first-order valence-corrected chi connectivity index (χ1v) is 8.75. The van der Waals surface area contributed by atoms with E-state index in [9.17, 15) is 8.42 Å². The molecule has 2 rings (SSSR count). The van der Waals surface area contributed by atoms with Crippen LogP contribution in [0.25, 0.3) is 0 Å². The van der Waals surface area contributed by atoms with E-state index in [2.05, 4.69) is 10.0 Å². The quantitative estimate of drug-likeness (QED) is 0.811. The molecule has 1 atom stereocenters.